The summed E-state index contributed by atoms with van der Waals surface area (Å²) in [6.07, 6.45) is 8.80. The van der Waals surface area contributed by atoms with Gasteiger partial charge in [-0.05, 0) is 44.4 Å². The van der Waals surface area contributed by atoms with Crippen LogP contribution in [0.2, 0.25) is 0 Å². The lowest BCUT2D eigenvalue weighted by molar-refractivity contribution is 0.393. The number of fused-ring (bicyclic) bond motifs is 1. The highest BCUT2D eigenvalue weighted by molar-refractivity contribution is 5.94. The van der Waals surface area contributed by atoms with Gasteiger partial charge < -0.3 is 24.9 Å². The maximum absolute atomic E-state index is 9.62. The van der Waals surface area contributed by atoms with Crippen molar-refractivity contribution in [3.63, 3.8) is 0 Å². The van der Waals surface area contributed by atoms with Crippen LogP contribution in [0.25, 0.3) is 22.2 Å². The number of hydrogen-bond acceptors (Lipinski definition) is 8. The maximum atomic E-state index is 9.62. The van der Waals surface area contributed by atoms with E-state index < -0.39 is 0 Å². The number of H-pyrrole nitrogens is 1. The molecule has 1 aliphatic rings. The summed E-state index contributed by atoms with van der Waals surface area (Å²) in [6.45, 7) is 3.81. The SMILES string of the molecule is COc1cc(-c2c(C)noc2C)ccc1Nc1nc(NC2CCCCCC2)c2c(C#N)c[nH]c2n1. The van der Waals surface area contributed by atoms with Crippen molar-refractivity contribution in [1.29, 1.82) is 5.26 Å². The van der Waals surface area contributed by atoms with E-state index in [1.54, 1.807) is 13.3 Å². The van der Waals surface area contributed by atoms with Crippen molar-refractivity contribution in [1.82, 2.24) is 20.1 Å². The van der Waals surface area contributed by atoms with Gasteiger partial charge in [0.25, 0.3) is 0 Å². The molecule has 5 rings (SSSR count). The number of methoxy groups -OCH3 is 1. The van der Waals surface area contributed by atoms with Crippen LogP contribution in [0.1, 0.15) is 55.5 Å². The summed E-state index contributed by atoms with van der Waals surface area (Å²) < 4.78 is 11.0. The molecule has 180 valence electrons. The van der Waals surface area contributed by atoms with Crippen LogP contribution in [-0.2, 0) is 0 Å². The molecule has 0 aliphatic heterocycles. The van der Waals surface area contributed by atoms with E-state index >= 15 is 0 Å². The summed E-state index contributed by atoms with van der Waals surface area (Å²) in [5.41, 5.74) is 4.62. The van der Waals surface area contributed by atoms with Gasteiger partial charge in [0.15, 0.2) is 0 Å². The minimum Gasteiger partial charge on any atom is -0.495 e. The van der Waals surface area contributed by atoms with Gasteiger partial charge in [-0.1, -0.05) is 36.9 Å². The van der Waals surface area contributed by atoms with Gasteiger partial charge in [0.05, 0.1) is 29.4 Å². The van der Waals surface area contributed by atoms with E-state index in [9.17, 15) is 5.26 Å². The minimum atomic E-state index is 0.328. The Kier molecular flexibility index (Phi) is 6.27. The first kappa shape index (κ1) is 22.7. The number of hydrogen-bond donors (Lipinski definition) is 3. The van der Waals surface area contributed by atoms with Crippen LogP contribution in [0.4, 0.5) is 17.5 Å². The molecular formula is C26H29N7O2. The number of rotatable bonds is 6. The first-order valence-corrected chi connectivity index (χ1v) is 12.0. The molecule has 3 heterocycles. The molecular weight excluding hydrogens is 442 g/mol. The third kappa shape index (κ3) is 4.52. The predicted octanol–water partition coefficient (Wildman–Crippen LogP) is 5.99. The third-order valence-corrected chi connectivity index (χ3v) is 6.62. The lowest BCUT2D eigenvalue weighted by atomic mass is 10.0. The highest BCUT2D eigenvalue weighted by Crippen LogP contribution is 2.36. The van der Waals surface area contributed by atoms with Crippen LogP contribution in [-0.4, -0.2) is 33.3 Å². The number of aromatic nitrogens is 4. The third-order valence-electron chi connectivity index (χ3n) is 6.62. The summed E-state index contributed by atoms with van der Waals surface area (Å²) in [7, 11) is 1.63. The van der Waals surface area contributed by atoms with E-state index in [4.69, 9.17) is 14.2 Å². The van der Waals surface area contributed by atoms with Crippen molar-refractivity contribution in [2.24, 2.45) is 0 Å². The van der Waals surface area contributed by atoms with Gasteiger partial charge in [0.2, 0.25) is 5.95 Å². The largest absolute Gasteiger partial charge is 0.495 e. The predicted molar refractivity (Wildman–Crippen MR) is 135 cm³/mol. The van der Waals surface area contributed by atoms with Gasteiger partial charge in [-0.25, -0.2) is 0 Å². The topological polar surface area (TPSA) is 125 Å². The summed E-state index contributed by atoms with van der Waals surface area (Å²) >= 11 is 0. The molecule has 0 unspecified atom stereocenters. The second-order valence-electron chi connectivity index (χ2n) is 9.01. The molecule has 4 aromatic rings. The molecule has 0 bridgehead atoms. The Bertz CT molecular complexity index is 1370. The molecule has 0 saturated heterocycles. The van der Waals surface area contributed by atoms with E-state index in [2.05, 4.69) is 31.8 Å². The van der Waals surface area contributed by atoms with Crippen LogP contribution < -0.4 is 15.4 Å². The number of nitrogens with one attached hydrogen (secondary N) is 3. The standard InChI is InChI=1S/C26H29N7O2/c1-15-22(16(2)35-33-15)17-10-11-20(21(12-17)34-3)30-26-31-24-23(18(13-27)14-28-24)25(32-26)29-19-8-6-4-5-7-9-19/h10-12,14,19H,4-9H2,1-3H3,(H3,28,29,30,31,32). The van der Waals surface area contributed by atoms with E-state index in [1.165, 1.54) is 25.7 Å². The van der Waals surface area contributed by atoms with Gasteiger partial charge in [-0.2, -0.15) is 15.2 Å². The molecule has 1 aromatic carbocycles. The number of aromatic amines is 1. The van der Waals surface area contributed by atoms with Crippen molar-refractivity contribution in [2.75, 3.05) is 17.7 Å². The summed E-state index contributed by atoms with van der Waals surface area (Å²) in [4.78, 5) is 12.6. The van der Waals surface area contributed by atoms with E-state index in [0.29, 0.717) is 34.8 Å². The second kappa shape index (κ2) is 9.66. The van der Waals surface area contributed by atoms with Gasteiger partial charge in [0, 0.05) is 17.8 Å². The van der Waals surface area contributed by atoms with E-state index in [1.807, 2.05) is 32.0 Å². The lowest BCUT2D eigenvalue weighted by Crippen LogP contribution is -2.19. The second-order valence-corrected chi connectivity index (χ2v) is 9.01. The number of nitrogens with zero attached hydrogens (tertiary/aromatic N) is 4. The molecule has 3 N–H and O–H groups in total. The fourth-order valence-electron chi connectivity index (χ4n) is 4.86. The van der Waals surface area contributed by atoms with Crippen LogP contribution >= 0.6 is 0 Å². The van der Waals surface area contributed by atoms with E-state index in [-0.39, 0.29) is 0 Å². The van der Waals surface area contributed by atoms with Crippen molar-refractivity contribution in [3.05, 3.63) is 41.4 Å². The van der Waals surface area contributed by atoms with Crippen molar-refractivity contribution < 1.29 is 9.26 Å². The monoisotopic (exact) mass is 471 g/mol. The van der Waals surface area contributed by atoms with Gasteiger partial charge >= 0.3 is 0 Å². The summed E-state index contributed by atoms with van der Waals surface area (Å²) in [6, 6.07) is 8.45. The molecule has 1 fully saturated rings. The number of aryl methyl sites for hydroxylation is 2. The Morgan fingerprint density at radius 2 is 1.94 bits per heavy atom. The first-order chi connectivity index (χ1) is 17.1. The smallest absolute Gasteiger partial charge is 0.231 e. The van der Waals surface area contributed by atoms with Crippen LogP contribution in [0, 0.1) is 25.2 Å². The average Bonchev–Trinajstić information content (AvgIpc) is 3.32. The van der Waals surface area contributed by atoms with Crippen molar-refractivity contribution in [2.45, 2.75) is 58.4 Å². The number of benzene rings is 1. The van der Waals surface area contributed by atoms with Gasteiger partial charge in [0.1, 0.15) is 29.0 Å². The number of anilines is 3. The molecule has 0 radical (unpaired) electrons. The molecule has 0 spiro atoms. The minimum absolute atomic E-state index is 0.328. The molecule has 0 atom stereocenters. The Hall–Kier alpha value is -4.06. The highest BCUT2D eigenvalue weighted by atomic mass is 16.5. The Morgan fingerprint density at radius 3 is 2.63 bits per heavy atom. The fraction of sp³-hybridized carbons (Fsp3) is 0.385. The van der Waals surface area contributed by atoms with Crippen molar-refractivity contribution in [3.8, 4) is 22.9 Å². The van der Waals surface area contributed by atoms with Crippen molar-refractivity contribution >= 4 is 28.5 Å². The molecule has 0 amide bonds. The molecule has 1 saturated carbocycles. The Balaban J connectivity index is 1.50. The average molecular weight is 472 g/mol. The summed E-state index contributed by atoms with van der Waals surface area (Å²) in [5, 5.41) is 21.3. The van der Waals surface area contributed by atoms with Gasteiger partial charge in [-0.15, -0.1) is 0 Å². The highest BCUT2D eigenvalue weighted by Gasteiger charge is 2.20. The molecule has 1 aliphatic carbocycles. The molecule has 9 nitrogen and oxygen atoms in total. The lowest BCUT2D eigenvalue weighted by Gasteiger charge is -2.18. The van der Waals surface area contributed by atoms with E-state index in [0.717, 1.165) is 46.5 Å². The van der Waals surface area contributed by atoms with Crippen LogP contribution in [0.15, 0.2) is 28.9 Å². The Labute approximate surface area is 203 Å². The molecule has 9 heteroatoms. The summed E-state index contributed by atoms with van der Waals surface area (Å²) in [5.74, 6) is 2.50. The first-order valence-electron chi connectivity index (χ1n) is 12.0. The zero-order chi connectivity index (χ0) is 24.4. The zero-order valence-electron chi connectivity index (χ0n) is 20.2. The fourth-order valence-corrected chi connectivity index (χ4v) is 4.86. The maximum Gasteiger partial charge on any atom is 0.231 e. The number of nitriles is 1. The quantitative estimate of drug-likeness (QED) is 0.293. The molecule has 35 heavy (non-hydrogen) atoms. The van der Waals surface area contributed by atoms with Crippen LogP contribution in [0.3, 0.4) is 0 Å². The number of ether oxygens (including phenoxy) is 1. The zero-order valence-corrected chi connectivity index (χ0v) is 20.2. The van der Waals surface area contributed by atoms with Gasteiger partial charge in [-0.3, -0.25) is 0 Å². The molecule has 3 aromatic heterocycles. The van der Waals surface area contributed by atoms with Crippen LogP contribution in [0.5, 0.6) is 5.75 Å². The normalized spacial score (nSPS) is 14.5. The Morgan fingerprint density at radius 1 is 1.14 bits per heavy atom.